The highest BCUT2D eigenvalue weighted by atomic mass is 14.5. The minimum absolute atomic E-state index is 0.334. The second-order valence-corrected chi connectivity index (χ2v) is 12.0. The molecule has 1 rings (SSSR count). The Morgan fingerprint density at radius 3 is 1.43 bits per heavy atom. The number of rotatable bonds is 18. The predicted molar refractivity (Wildman–Crippen MR) is 161 cm³/mol. The van der Waals surface area contributed by atoms with Crippen molar-refractivity contribution in [2.75, 3.05) is 0 Å². The molecule has 206 valence electrons. The van der Waals surface area contributed by atoms with E-state index < -0.39 is 0 Å². The van der Waals surface area contributed by atoms with Gasteiger partial charge < -0.3 is 0 Å². The van der Waals surface area contributed by atoms with E-state index in [-0.39, 0.29) is 0 Å². The Morgan fingerprint density at radius 2 is 1.00 bits per heavy atom. The largest absolute Gasteiger partial charge is 0.0696 e. The fraction of sp³-hybridized carbons (Fsp3) is 0.886. The molecular weight excluding hydrogens is 420 g/mol. The van der Waals surface area contributed by atoms with E-state index in [1.807, 2.05) is 22.3 Å². The summed E-state index contributed by atoms with van der Waals surface area (Å²) in [5, 5.41) is 0. The number of hydrogen-bond acceptors (Lipinski definition) is 0. The molecule has 0 nitrogen and oxygen atoms in total. The first-order chi connectivity index (χ1) is 16.9. The molecule has 0 spiro atoms. The van der Waals surface area contributed by atoms with Crippen molar-refractivity contribution in [2.45, 2.75) is 184 Å². The zero-order chi connectivity index (χ0) is 26.3. The van der Waals surface area contributed by atoms with Crippen molar-refractivity contribution in [3.05, 3.63) is 22.3 Å². The van der Waals surface area contributed by atoms with Gasteiger partial charge >= 0.3 is 0 Å². The fourth-order valence-electron chi connectivity index (χ4n) is 8.51. The summed E-state index contributed by atoms with van der Waals surface area (Å²) >= 11 is 0. The van der Waals surface area contributed by atoms with E-state index in [0.717, 1.165) is 5.92 Å². The van der Waals surface area contributed by atoms with Crippen molar-refractivity contribution in [1.29, 1.82) is 0 Å². The van der Waals surface area contributed by atoms with Crippen LogP contribution in [0.15, 0.2) is 22.3 Å². The third-order valence-corrected chi connectivity index (χ3v) is 9.19. The third kappa shape index (κ3) is 7.74. The molecule has 1 aliphatic carbocycles. The highest BCUT2D eigenvalue weighted by molar-refractivity contribution is 5.40. The molecule has 0 heteroatoms. The van der Waals surface area contributed by atoms with Gasteiger partial charge in [-0.1, -0.05) is 142 Å². The predicted octanol–water partition coefficient (Wildman–Crippen LogP) is 12.8. The van der Waals surface area contributed by atoms with Crippen LogP contribution >= 0.6 is 0 Å². The molecule has 1 atom stereocenters. The molecule has 0 fully saturated rings. The fourth-order valence-corrected chi connectivity index (χ4v) is 8.51. The Hall–Kier alpha value is -0.520. The molecule has 0 radical (unpaired) electrons. The molecule has 0 aliphatic heterocycles. The van der Waals surface area contributed by atoms with Crippen LogP contribution in [0.3, 0.4) is 0 Å². The Kier molecular flexibility index (Phi) is 15.9. The summed E-state index contributed by atoms with van der Waals surface area (Å²) < 4.78 is 0. The van der Waals surface area contributed by atoms with E-state index in [0.29, 0.717) is 10.8 Å². The second kappa shape index (κ2) is 17.1. The van der Waals surface area contributed by atoms with E-state index in [1.54, 1.807) is 0 Å². The molecule has 0 aromatic rings. The lowest BCUT2D eigenvalue weighted by Gasteiger charge is -2.51. The molecule has 0 saturated carbocycles. The van der Waals surface area contributed by atoms with Crippen molar-refractivity contribution in [3.8, 4) is 0 Å². The van der Waals surface area contributed by atoms with E-state index >= 15 is 0 Å². The molecule has 0 aromatic heterocycles. The molecule has 35 heavy (non-hydrogen) atoms. The highest BCUT2D eigenvalue weighted by Gasteiger charge is 2.47. The second-order valence-electron chi connectivity index (χ2n) is 12.0. The quantitative estimate of drug-likeness (QED) is 0.169. The summed E-state index contributed by atoms with van der Waals surface area (Å²) in [6.07, 6.45) is 25.5. The summed E-state index contributed by atoms with van der Waals surface area (Å²) in [5.74, 6) is 0.789. The molecule has 1 aliphatic rings. The summed E-state index contributed by atoms with van der Waals surface area (Å²) in [5.41, 5.74) is 8.58. The zero-order valence-electron chi connectivity index (χ0n) is 26.0. The lowest BCUT2D eigenvalue weighted by molar-refractivity contribution is 0.125. The van der Waals surface area contributed by atoms with Crippen LogP contribution < -0.4 is 0 Å². The Bertz CT molecular complexity index is 618. The van der Waals surface area contributed by atoms with Crippen molar-refractivity contribution in [1.82, 2.24) is 0 Å². The van der Waals surface area contributed by atoms with Crippen LogP contribution in [0.1, 0.15) is 184 Å². The monoisotopic (exact) mass is 487 g/mol. The summed E-state index contributed by atoms with van der Waals surface area (Å²) in [6, 6.07) is 0. The highest BCUT2D eigenvalue weighted by Crippen LogP contribution is 2.59. The maximum absolute atomic E-state index is 2.46. The van der Waals surface area contributed by atoms with Crippen molar-refractivity contribution >= 4 is 0 Å². The van der Waals surface area contributed by atoms with Crippen LogP contribution in [0.25, 0.3) is 0 Å². The van der Waals surface area contributed by atoms with Gasteiger partial charge in [-0.2, -0.15) is 0 Å². The average Bonchev–Trinajstić information content (AvgIpc) is 2.83. The summed E-state index contributed by atoms with van der Waals surface area (Å²) in [7, 11) is 0. The molecular formula is C35H66. The molecule has 0 bridgehead atoms. The summed E-state index contributed by atoms with van der Waals surface area (Å²) in [6.45, 7) is 22.1. The van der Waals surface area contributed by atoms with Crippen LogP contribution in [0, 0.1) is 16.7 Å². The van der Waals surface area contributed by atoms with Gasteiger partial charge in [0.05, 0.1) is 0 Å². The van der Waals surface area contributed by atoms with Crippen LogP contribution in [0.4, 0.5) is 0 Å². The van der Waals surface area contributed by atoms with Gasteiger partial charge in [0.1, 0.15) is 0 Å². The molecule has 0 aromatic carbocycles. The SMILES string of the molecule is CCCC1=C(CCC)C(CCC)(CCC)C(CCC)=C(CCC)C(CCC)C(CCC)(CCC)C1. The molecule has 0 heterocycles. The van der Waals surface area contributed by atoms with Gasteiger partial charge in [0.25, 0.3) is 0 Å². The number of allylic oxidation sites excluding steroid dienone is 4. The van der Waals surface area contributed by atoms with Crippen LogP contribution in [0.5, 0.6) is 0 Å². The van der Waals surface area contributed by atoms with Gasteiger partial charge in [-0.3, -0.25) is 0 Å². The maximum Gasteiger partial charge on any atom is 0.0126 e. The van der Waals surface area contributed by atoms with Gasteiger partial charge in [-0.15, -0.1) is 0 Å². The van der Waals surface area contributed by atoms with Crippen molar-refractivity contribution in [2.24, 2.45) is 16.7 Å². The Morgan fingerprint density at radius 1 is 0.514 bits per heavy atom. The normalized spacial score (nSPS) is 20.3. The van der Waals surface area contributed by atoms with E-state index in [9.17, 15) is 0 Å². The van der Waals surface area contributed by atoms with Gasteiger partial charge in [0.2, 0.25) is 0 Å². The number of hydrogen-bond donors (Lipinski definition) is 0. The minimum atomic E-state index is 0.334. The third-order valence-electron chi connectivity index (χ3n) is 9.19. The topological polar surface area (TPSA) is 0 Å². The smallest absolute Gasteiger partial charge is 0.0126 e. The lowest BCUT2D eigenvalue weighted by Crippen LogP contribution is -2.39. The first kappa shape index (κ1) is 32.5. The van der Waals surface area contributed by atoms with E-state index in [4.69, 9.17) is 0 Å². The van der Waals surface area contributed by atoms with Crippen molar-refractivity contribution in [3.63, 3.8) is 0 Å². The minimum Gasteiger partial charge on any atom is -0.0696 e. The molecule has 1 unspecified atom stereocenters. The van der Waals surface area contributed by atoms with Crippen molar-refractivity contribution < 1.29 is 0 Å². The standard InChI is InChI=1S/C35H66/c1-10-19-29-28-34(24-15-6,25-16-7)32(22-13-4)30(20-11-2)33(23-14-5)35(26-17-8,27-18-9)31(29)21-12-3/h32H,10-28H2,1-9H3. The molecule has 0 amide bonds. The average molecular weight is 487 g/mol. The first-order valence-electron chi connectivity index (χ1n) is 16.4. The lowest BCUT2D eigenvalue weighted by atomic mass is 9.53. The van der Waals surface area contributed by atoms with Crippen LogP contribution in [-0.4, -0.2) is 0 Å². The molecule has 0 saturated heterocycles. The first-order valence-corrected chi connectivity index (χ1v) is 16.4. The maximum atomic E-state index is 2.46. The Labute approximate surface area is 223 Å². The summed E-state index contributed by atoms with van der Waals surface area (Å²) in [4.78, 5) is 0. The van der Waals surface area contributed by atoms with E-state index in [1.165, 1.54) is 122 Å². The Balaban J connectivity index is 4.29. The van der Waals surface area contributed by atoms with Crippen LogP contribution in [-0.2, 0) is 0 Å². The van der Waals surface area contributed by atoms with E-state index in [2.05, 4.69) is 62.3 Å². The van der Waals surface area contributed by atoms with Gasteiger partial charge in [0.15, 0.2) is 0 Å². The van der Waals surface area contributed by atoms with Gasteiger partial charge in [-0.25, -0.2) is 0 Å². The van der Waals surface area contributed by atoms with Crippen LogP contribution in [0.2, 0.25) is 0 Å². The molecule has 0 N–H and O–H groups in total. The zero-order valence-corrected chi connectivity index (χ0v) is 26.0. The van der Waals surface area contributed by atoms with Gasteiger partial charge in [-0.05, 0) is 75.5 Å². The van der Waals surface area contributed by atoms with Gasteiger partial charge in [0, 0.05) is 5.41 Å².